The van der Waals surface area contributed by atoms with Crippen LogP contribution in [0, 0.1) is 5.92 Å². The number of rotatable bonds is 5. The number of aliphatic hydroxyl groups excluding tert-OH is 1. The molecule has 0 radical (unpaired) electrons. The SMILES string of the molecule is C[C@](OCCO)(c1cccc(Cl)c1)C1CCN(C(=O)O)CC1. The van der Waals surface area contributed by atoms with Gasteiger partial charge in [0.2, 0.25) is 0 Å². The first-order valence-corrected chi connectivity index (χ1v) is 7.84. The van der Waals surface area contributed by atoms with Crippen molar-refractivity contribution in [1.82, 2.24) is 4.90 Å². The first kappa shape index (κ1) is 17.1. The van der Waals surface area contributed by atoms with Crippen molar-refractivity contribution in [2.75, 3.05) is 26.3 Å². The lowest BCUT2D eigenvalue weighted by Crippen LogP contribution is -2.45. The lowest BCUT2D eigenvalue weighted by Gasteiger charge is -2.42. The summed E-state index contributed by atoms with van der Waals surface area (Å²) in [5.74, 6) is 0.174. The van der Waals surface area contributed by atoms with Crippen LogP contribution in [-0.2, 0) is 10.3 Å². The number of hydrogen-bond acceptors (Lipinski definition) is 3. The summed E-state index contributed by atoms with van der Waals surface area (Å²) >= 11 is 6.10. The quantitative estimate of drug-likeness (QED) is 0.872. The van der Waals surface area contributed by atoms with Gasteiger partial charge in [-0.3, -0.25) is 0 Å². The molecule has 5 nitrogen and oxygen atoms in total. The monoisotopic (exact) mass is 327 g/mol. The third-order valence-electron chi connectivity index (χ3n) is 4.44. The summed E-state index contributed by atoms with van der Waals surface area (Å²) in [7, 11) is 0. The molecule has 1 aliphatic rings. The maximum absolute atomic E-state index is 11.0. The van der Waals surface area contributed by atoms with Crippen molar-refractivity contribution in [3.05, 3.63) is 34.9 Å². The minimum Gasteiger partial charge on any atom is -0.465 e. The van der Waals surface area contributed by atoms with Crippen LogP contribution in [0.15, 0.2) is 24.3 Å². The molecule has 22 heavy (non-hydrogen) atoms. The van der Waals surface area contributed by atoms with Gasteiger partial charge in [0.15, 0.2) is 0 Å². The van der Waals surface area contributed by atoms with Crippen molar-refractivity contribution in [2.45, 2.75) is 25.4 Å². The molecule has 2 rings (SSSR count). The molecule has 1 heterocycles. The van der Waals surface area contributed by atoms with Gasteiger partial charge in [0.05, 0.1) is 18.8 Å². The fraction of sp³-hybridized carbons (Fsp3) is 0.562. The molecule has 0 unspecified atom stereocenters. The topological polar surface area (TPSA) is 70.0 Å². The molecule has 2 N–H and O–H groups in total. The molecule has 1 amide bonds. The number of carbonyl (C=O) groups is 1. The number of benzene rings is 1. The minimum atomic E-state index is -0.876. The molecular formula is C16H22ClNO4. The highest BCUT2D eigenvalue weighted by molar-refractivity contribution is 6.30. The Morgan fingerprint density at radius 1 is 1.45 bits per heavy atom. The lowest BCUT2D eigenvalue weighted by molar-refractivity contribution is -0.102. The van der Waals surface area contributed by atoms with Gasteiger partial charge in [-0.1, -0.05) is 23.7 Å². The lowest BCUT2D eigenvalue weighted by atomic mass is 9.77. The van der Waals surface area contributed by atoms with Crippen LogP contribution in [0.4, 0.5) is 4.79 Å². The minimum absolute atomic E-state index is 0.0515. The average Bonchev–Trinajstić information content (AvgIpc) is 2.52. The molecule has 1 aliphatic heterocycles. The van der Waals surface area contributed by atoms with Crippen LogP contribution in [-0.4, -0.2) is 47.5 Å². The Bertz CT molecular complexity index is 517. The van der Waals surface area contributed by atoms with Crippen LogP contribution < -0.4 is 0 Å². The van der Waals surface area contributed by atoms with Crippen molar-refractivity contribution in [1.29, 1.82) is 0 Å². The smallest absolute Gasteiger partial charge is 0.407 e. The Morgan fingerprint density at radius 3 is 2.68 bits per heavy atom. The molecule has 1 saturated heterocycles. The molecule has 1 fully saturated rings. The van der Waals surface area contributed by atoms with Gasteiger partial charge in [0, 0.05) is 18.1 Å². The molecule has 0 saturated carbocycles. The summed E-state index contributed by atoms with van der Waals surface area (Å²) in [6.07, 6.45) is 0.570. The molecule has 0 aromatic heterocycles. The summed E-state index contributed by atoms with van der Waals surface area (Å²) in [4.78, 5) is 12.5. The molecular weight excluding hydrogens is 306 g/mol. The van der Waals surface area contributed by atoms with Gasteiger partial charge < -0.3 is 19.8 Å². The van der Waals surface area contributed by atoms with E-state index in [1.165, 1.54) is 4.90 Å². The van der Waals surface area contributed by atoms with Crippen molar-refractivity contribution in [3.63, 3.8) is 0 Å². The number of nitrogens with zero attached hydrogens (tertiary/aromatic N) is 1. The predicted octanol–water partition coefficient (Wildman–Crippen LogP) is 2.95. The standard InChI is InChI=1S/C16H22ClNO4/c1-16(22-10-9-19,13-3-2-4-14(17)11-13)12-5-7-18(8-6-12)15(20)21/h2-4,11-12,19H,5-10H2,1H3,(H,20,21)/t16-/m1/s1. The first-order valence-electron chi connectivity index (χ1n) is 7.46. The van der Waals surface area contributed by atoms with Crippen LogP contribution in [0.3, 0.4) is 0 Å². The fourth-order valence-electron chi connectivity index (χ4n) is 3.11. The van der Waals surface area contributed by atoms with E-state index in [0.717, 1.165) is 18.4 Å². The van der Waals surface area contributed by atoms with E-state index < -0.39 is 11.7 Å². The average molecular weight is 328 g/mol. The molecule has 1 aromatic carbocycles. The van der Waals surface area contributed by atoms with Crippen LogP contribution in [0.1, 0.15) is 25.3 Å². The summed E-state index contributed by atoms with van der Waals surface area (Å²) < 4.78 is 5.98. The van der Waals surface area contributed by atoms with Crippen LogP contribution in [0.25, 0.3) is 0 Å². The van der Waals surface area contributed by atoms with Gasteiger partial charge >= 0.3 is 6.09 Å². The van der Waals surface area contributed by atoms with Gasteiger partial charge in [-0.2, -0.15) is 0 Å². The molecule has 6 heteroatoms. The molecule has 0 aliphatic carbocycles. The molecule has 0 bridgehead atoms. The normalized spacial score (nSPS) is 19.0. The van der Waals surface area contributed by atoms with E-state index >= 15 is 0 Å². The Morgan fingerprint density at radius 2 is 2.14 bits per heavy atom. The predicted molar refractivity (Wildman–Crippen MR) is 84.2 cm³/mol. The van der Waals surface area contributed by atoms with Crippen LogP contribution >= 0.6 is 11.6 Å². The zero-order valence-corrected chi connectivity index (χ0v) is 13.4. The molecule has 1 atom stereocenters. The maximum Gasteiger partial charge on any atom is 0.407 e. The van der Waals surface area contributed by atoms with E-state index in [4.69, 9.17) is 26.6 Å². The number of piperidine rings is 1. The third-order valence-corrected chi connectivity index (χ3v) is 4.67. The summed E-state index contributed by atoms with van der Waals surface area (Å²) in [5.41, 5.74) is 0.375. The highest BCUT2D eigenvalue weighted by atomic mass is 35.5. The second-order valence-electron chi connectivity index (χ2n) is 5.73. The highest BCUT2D eigenvalue weighted by Crippen LogP contribution is 2.40. The number of ether oxygens (including phenoxy) is 1. The van der Waals surface area contributed by atoms with Gasteiger partial charge in [-0.25, -0.2) is 4.79 Å². The second-order valence-corrected chi connectivity index (χ2v) is 6.17. The molecule has 0 spiro atoms. The number of halogens is 1. The van der Waals surface area contributed by atoms with Gasteiger partial charge in [-0.05, 0) is 43.4 Å². The van der Waals surface area contributed by atoms with E-state index in [0.29, 0.717) is 18.1 Å². The first-order chi connectivity index (χ1) is 10.5. The van der Waals surface area contributed by atoms with Gasteiger partial charge in [0.1, 0.15) is 0 Å². The Labute approximate surface area is 135 Å². The van der Waals surface area contributed by atoms with E-state index in [2.05, 4.69) is 0 Å². The van der Waals surface area contributed by atoms with Crippen LogP contribution in [0.2, 0.25) is 5.02 Å². The number of carboxylic acid groups (broad SMARTS) is 1. The van der Waals surface area contributed by atoms with E-state index in [1.807, 2.05) is 31.2 Å². The maximum atomic E-state index is 11.0. The Kier molecular flexibility index (Phi) is 5.67. The molecule has 122 valence electrons. The van der Waals surface area contributed by atoms with Crippen molar-refractivity contribution in [3.8, 4) is 0 Å². The van der Waals surface area contributed by atoms with E-state index in [-0.39, 0.29) is 19.1 Å². The van der Waals surface area contributed by atoms with Crippen molar-refractivity contribution >= 4 is 17.7 Å². The summed E-state index contributed by atoms with van der Waals surface area (Å²) in [6.45, 7) is 3.18. The number of likely N-dealkylation sites (tertiary alicyclic amines) is 1. The number of amides is 1. The second kappa shape index (κ2) is 7.31. The molecule has 1 aromatic rings. The van der Waals surface area contributed by atoms with Gasteiger partial charge in [0.25, 0.3) is 0 Å². The zero-order valence-electron chi connectivity index (χ0n) is 12.7. The van der Waals surface area contributed by atoms with Crippen molar-refractivity contribution in [2.24, 2.45) is 5.92 Å². The summed E-state index contributed by atoms with van der Waals surface area (Å²) in [6, 6.07) is 7.53. The highest BCUT2D eigenvalue weighted by Gasteiger charge is 2.39. The van der Waals surface area contributed by atoms with Gasteiger partial charge in [-0.15, -0.1) is 0 Å². The van der Waals surface area contributed by atoms with E-state index in [1.54, 1.807) is 0 Å². The fourth-order valence-corrected chi connectivity index (χ4v) is 3.30. The van der Waals surface area contributed by atoms with E-state index in [9.17, 15) is 4.79 Å². The Hall–Kier alpha value is -1.30. The summed E-state index contributed by atoms with van der Waals surface area (Å²) in [5, 5.41) is 18.8. The third kappa shape index (κ3) is 3.72. The Balaban J connectivity index is 2.21. The van der Waals surface area contributed by atoms with Crippen molar-refractivity contribution < 1.29 is 19.7 Å². The van der Waals surface area contributed by atoms with Crippen LogP contribution in [0.5, 0.6) is 0 Å². The zero-order chi connectivity index (χ0) is 16.2. The number of aliphatic hydroxyl groups is 1. The largest absolute Gasteiger partial charge is 0.465 e. The number of hydrogen-bond donors (Lipinski definition) is 2.